The second-order valence-electron chi connectivity index (χ2n) is 5.80. The highest BCUT2D eigenvalue weighted by molar-refractivity contribution is 7.93. The molecule has 0 saturated carbocycles. The van der Waals surface area contributed by atoms with Gasteiger partial charge in [-0.15, -0.1) is 0 Å². The topological polar surface area (TPSA) is 72.9 Å². The van der Waals surface area contributed by atoms with Crippen molar-refractivity contribution in [3.8, 4) is 5.75 Å². The lowest BCUT2D eigenvalue weighted by Gasteiger charge is -2.26. The quantitative estimate of drug-likeness (QED) is 0.615. The Morgan fingerprint density at radius 1 is 1.15 bits per heavy atom. The first-order valence-electron chi connectivity index (χ1n) is 7.97. The molecule has 0 saturated heterocycles. The molecule has 6 nitrogen and oxygen atoms in total. The Morgan fingerprint density at radius 2 is 1.81 bits per heavy atom. The number of ether oxygens (including phenoxy) is 2. The number of halogens is 2. The molecule has 0 atom stereocenters. The lowest BCUT2D eigenvalue weighted by molar-refractivity contribution is -0.145. The summed E-state index contributed by atoms with van der Waals surface area (Å²) >= 11 is 12.0. The van der Waals surface area contributed by atoms with E-state index in [-0.39, 0.29) is 26.4 Å². The molecule has 0 spiro atoms. The molecule has 27 heavy (non-hydrogen) atoms. The molecule has 0 aromatic heterocycles. The molecule has 9 heteroatoms. The minimum atomic E-state index is -4.23. The number of anilines is 1. The fourth-order valence-corrected chi connectivity index (χ4v) is 4.51. The number of methoxy groups -OCH3 is 1. The molecule has 0 aliphatic rings. The second-order valence-corrected chi connectivity index (χ2v) is 8.47. The van der Waals surface area contributed by atoms with E-state index in [2.05, 4.69) is 0 Å². The van der Waals surface area contributed by atoms with Gasteiger partial charge in [-0.1, -0.05) is 35.3 Å². The van der Waals surface area contributed by atoms with Crippen LogP contribution in [0, 0.1) is 0 Å². The van der Waals surface area contributed by atoms with Crippen molar-refractivity contribution in [2.45, 2.75) is 24.8 Å². The van der Waals surface area contributed by atoms with Gasteiger partial charge in [-0.2, -0.15) is 0 Å². The van der Waals surface area contributed by atoms with Crippen molar-refractivity contribution in [1.82, 2.24) is 0 Å². The summed E-state index contributed by atoms with van der Waals surface area (Å²) in [6.07, 6.45) is -0.394. The van der Waals surface area contributed by atoms with Crippen LogP contribution in [0.15, 0.2) is 47.4 Å². The van der Waals surface area contributed by atoms with Crippen LogP contribution >= 0.6 is 23.2 Å². The summed E-state index contributed by atoms with van der Waals surface area (Å²) in [4.78, 5) is 12.0. The van der Waals surface area contributed by atoms with Crippen LogP contribution in [0.3, 0.4) is 0 Å². The predicted octanol–water partition coefficient (Wildman–Crippen LogP) is 4.15. The maximum atomic E-state index is 13.3. The van der Waals surface area contributed by atoms with E-state index in [1.807, 2.05) is 0 Å². The Labute approximate surface area is 168 Å². The Kier molecular flexibility index (Phi) is 6.97. The zero-order chi connectivity index (χ0) is 20.2. The van der Waals surface area contributed by atoms with E-state index < -0.39 is 28.6 Å². The molecule has 0 amide bonds. The molecule has 2 aromatic rings. The van der Waals surface area contributed by atoms with Gasteiger partial charge >= 0.3 is 5.97 Å². The summed E-state index contributed by atoms with van der Waals surface area (Å²) in [5, 5.41) is 0.180. The van der Waals surface area contributed by atoms with Gasteiger partial charge in [0, 0.05) is 5.02 Å². The van der Waals surface area contributed by atoms with E-state index >= 15 is 0 Å². The first kappa shape index (κ1) is 21.3. The molecule has 2 aromatic carbocycles. The number of carbonyl (C=O) groups excluding carboxylic acids is 1. The fraction of sp³-hybridized carbons (Fsp3) is 0.278. The molecule has 146 valence electrons. The number of sulfonamides is 1. The number of benzene rings is 2. The summed E-state index contributed by atoms with van der Waals surface area (Å²) in [6, 6.07) is 10.5. The van der Waals surface area contributed by atoms with Crippen molar-refractivity contribution in [3.05, 3.63) is 52.5 Å². The normalized spacial score (nSPS) is 11.3. The monoisotopic (exact) mass is 431 g/mol. The van der Waals surface area contributed by atoms with Gasteiger partial charge in [0.05, 0.1) is 23.9 Å². The number of rotatable bonds is 7. The third-order valence-electron chi connectivity index (χ3n) is 3.46. The molecule has 0 fully saturated rings. The van der Waals surface area contributed by atoms with E-state index in [0.717, 1.165) is 4.31 Å². The molecule has 2 rings (SSSR count). The van der Waals surface area contributed by atoms with Crippen molar-refractivity contribution in [2.24, 2.45) is 0 Å². The highest BCUT2D eigenvalue weighted by atomic mass is 35.5. The third kappa shape index (κ3) is 5.06. The minimum absolute atomic E-state index is 0.0171. The molecule has 0 aliphatic carbocycles. The van der Waals surface area contributed by atoms with Gasteiger partial charge in [0.15, 0.2) is 0 Å². The van der Waals surface area contributed by atoms with Crippen LogP contribution in [-0.4, -0.2) is 34.1 Å². The van der Waals surface area contributed by atoms with E-state index in [9.17, 15) is 13.2 Å². The summed E-state index contributed by atoms with van der Waals surface area (Å²) < 4.78 is 37.9. The second kappa shape index (κ2) is 8.82. The molecule has 0 radical (unpaired) electrons. The van der Waals surface area contributed by atoms with E-state index in [0.29, 0.717) is 0 Å². The largest absolute Gasteiger partial charge is 0.495 e. The third-order valence-corrected chi connectivity index (χ3v) is 5.93. The fourth-order valence-electron chi connectivity index (χ4n) is 2.35. The molecule has 0 aliphatic heterocycles. The van der Waals surface area contributed by atoms with Crippen molar-refractivity contribution in [1.29, 1.82) is 0 Å². The predicted molar refractivity (Wildman–Crippen MR) is 105 cm³/mol. The van der Waals surface area contributed by atoms with Crippen molar-refractivity contribution in [3.63, 3.8) is 0 Å². The molecule has 0 heterocycles. The van der Waals surface area contributed by atoms with Gasteiger partial charge in [-0.3, -0.25) is 9.10 Å². The first-order valence-corrected chi connectivity index (χ1v) is 10.2. The number of hydrogen-bond donors (Lipinski definition) is 0. The Morgan fingerprint density at radius 3 is 2.44 bits per heavy atom. The van der Waals surface area contributed by atoms with Gasteiger partial charge in [-0.05, 0) is 44.2 Å². The number of esters is 1. The molecular weight excluding hydrogens is 413 g/mol. The maximum absolute atomic E-state index is 13.3. The zero-order valence-corrected chi connectivity index (χ0v) is 17.3. The van der Waals surface area contributed by atoms with Crippen molar-refractivity contribution < 1.29 is 22.7 Å². The van der Waals surface area contributed by atoms with Crippen LogP contribution < -0.4 is 9.04 Å². The Hall–Kier alpha value is -1.96. The van der Waals surface area contributed by atoms with Crippen molar-refractivity contribution in [2.75, 3.05) is 18.0 Å². The number of nitrogens with zero attached hydrogens (tertiary/aromatic N) is 1. The molecule has 0 N–H and O–H groups in total. The maximum Gasteiger partial charge on any atom is 0.327 e. The number of carbonyl (C=O) groups is 1. The zero-order valence-electron chi connectivity index (χ0n) is 15.0. The Bertz CT molecular complexity index is 931. The van der Waals surface area contributed by atoms with Gasteiger partial charge in [-0.25, -0.2) is 8.42 Å². The number of hydrogen-bond acceptors (Lipinski definition) is 5. The van der Waals surface area contributed by atoms with Gasteiger partial charge < -0.3 is 9.47 Å². The van der Waals surface area contributed by atoms with Crippen LogP contribution in [0.1, 0.15) is 13.8 Å². The lowest BCUT2D eigenvalue weighted by Crippen LogP contribution is -2.37. The lowest BCUT2D eigenvalue weighted by atomic mass is 10.3. The molecule has 0 unspecified atom stereocenters. The van der Waals surface area contributed by atoms with E-state index in [4.69, 9.17) is 32.7 Å². The summed E-state index contributed by atoms with van der Waals surface area (Å²) in [6.45, 7) is 2.80. The molecule has 0 bridgehead atoms. The van der Waals surface area contributed by atoms with Crippen LogP contribution in [-0.2, 0) is 19.6 Å². The first-order chi connectivity index (χ1) is 12.7. The van der Waals surface area contributed by atoms with Gasteiger partial charge in [0.25, 0.3) is 10.0 Å². The van der Waals surface area contributed by atoms with Gasteiger partial charge in [0.1, 0.15) is 17.2 Å². The summed E-state index contributed by atoms with van der Waals surface area (Å²) in [5.74, 6) is -0.436. The van der Waals surface area contributed by atoms with Crippen LogP contribution in [0.2, 0.25) is 10.0 Å². The van der Waals surface area contributed by atoms with Gasteiger partial charge in [0.2, 0.25) is 0 Å². The Balaban J connectivity index is 2.61. The highest BCUT2D eigenvalue weighted by Gasteiger charge is 2.32. The van der Waals surface area contributed by atoms with E-state index in [1.165, 1.54) is 31.4 Å². The standard InChI is InChI=1S/C18H19Cl2NO5S/c1-12(2)26-18(22)11-21(15-6-4-5-7-16(15)25-3)27(23,24)17-10-13(19)8-9-14(17)20/h4-10,12H,11H2,1-3H3. The SMILES string of the molecule is COc1ccccc1N(CC(=O)OC(C)C)S(=O)(=O)c1cc(Cl)ccc1Cl. The van der Waals surface area contributed by atoms with E-state index in [1.54, 1.807) is 32.0 Å². The highest BCUT2D eigenvalue weighted by Crippen LogP contribution is 2.35. The average Bonchev–Trinajstić information content (AvgIpc) is 2.61. The van der Waals surface area contributed by atoms with Crippen LogP contribution in [0.4, 0.5) is 5.69 Å². The van der Waals surface area contributed by atoms with Crippen LogP contribution in [0.5, 0.6) is 5.75 Å². The van der Waals surface area contributed by atoms with Crippen molar-refractivity contribution >= 4 is 44.9 Å². The summed E-state index contributed by atoms with van der Waals surface area (Å²) in [5.41, 5.74) is 0.178. The average molecular weight is 432 g/mol. The molecular formula is C18H19Cl2NO5S. The summed E-state index contributed by atoms with van der Waals surface area (Å²) in [7, 11) is -2.83. The number of para-hydroxylation sites is 2. The minimum Gasteiger partial charge on any atom is -0.495 e. The smallest absolute Gasteiger partial charge is 0.327 e. The van der Waals surface area contributed by atoms with Crippen LogP contribution in [0.25, 0.3) is 0 Å².